The van der Waals surface area contributed by atoms with Gasteiger partial charge in [0.2, 0.25) is 0 Å². The van der Waals surface area contributed by atoms with E-state index in [1.165, 1.54) is 128 Å². The van der Waals surface area contributed by atoms with Crippen molar-refractivity contribution in [3.63, 3.8) is 0 Å². The van der Waals surface area contributed by atoms with Crippen LogP contribution in [-0.4, -0.2) is 66.3 Å². The van der Waals surface area contributed by atoms with Crippen LogP contribution in [0.25, 0.3) is 0 Å². The highest BCUT2D eigenvalue weighted by molar-refractivity contribution is 7.47. The van der Waals surface area contributed by atoms with Gasteiger partial charge in [-0.2, -0.15) is 0 Å². The molecule has 3 atom stereocenters. The Morgan fingerprint density at radius 2 is 0.978 bits per heavy atom. The number of phosphoric ester groups is 1. The van der Waals surface area contributed by atoms with Gasteiger partial charge in [0.25, 0.3) is 0 Å². The zero-order chi connectivity index (χ0) is 34.0. The third kappa shape index (κ3) is 33.4. The zero-order valence-corrected chi connectivity index (χ0v) is 30.7. The van der Waals surface area contributed by atoms with Crippen LogP contribution in [0, 0.1) is 0 Å². The molecule has 0 aromatic carbocycles. The van der Waals surface area contributed by atoms with Gasteiger partial charge in [-0.15, -0.1) is 0 Å². The lowest BCUT2D eigenvalue weighted by molar-refractivity contribution is -0.154. The fourth-order valence-electron chi connectivity index (χ4n) is 5.36. The minimum atomic E-state index is -4.50. The van der Waals surface area contributed by atoms with Crippen molar-refractivity contribution in [1.29, 1.82) is 0 Å². The smallest absolute Gasteiger partial charge is 0.457 e. The van der Waals surface area contributed by atoms with Crippen molar-refractivity contribution in [3.8, 4) is 0 Å². The molecule has 0 bridgehead atoms. The summed E-state index contributed by atoms with van der Waals surface area (Å²) in [6.45, 7) is 3.53. The molecule has 3 N–H and O–H groups in total. The second kappa shape index (κ2) is 34.3. The number of unbranched alkanes of at least 4 members (excludes halogenated alkanes) is 23. The Balaban J connectivity index is 4.17. The van der Waals surface area contributed by atoms with E-state index < -0.39 is 33.2 Å². The Morgan fingerprint density at radius 3 is 1.41 bits per heavy atom. The monoisotopic (exact) mass is 680 g/mol. The highest BCUT2D eigenvalue weighted by Crippen LogP contribution is 2.43. The van der Waals surface area contributed by atoms with Gasteiger partial charge in [0.15, 0.2) is 0 Å². The SMILES string of the molecule is CCCCCCCCCCCCCCCCCOCC(COP(=O)(O)OCC(O)CO)OC(=O)CCCCCCCCCCCC. The van der Waals surface area contributed by atoms with E-state index in [1.54, 1.807) is 0 Å². The Bertz CT molecular complexity index is 694. The van der Waals surface area contributed by atoms with Crippen LogP contribution >= 0.6 is 7.82 Å². The van der Waals surface area contributed by atoms with Gasteiger partial charge in [-0.05, 0) is 12.8 Å². The lowest BCUT2D eigenvalue weighted by Crippen LogP contribution is -2.29. The maximum atomic E-state index is 12.5. The fourth-order valence-corrected chi connectivity index (χ4v) is 6.15. The number of phosphoric acid groups is 1. The lowest BCUT2D eigenvalue weighted by Gasteiger charge is -2.20. The van der Waals surface area contributed by atoms with Gasteiger partial charge in [-0.3, -0.25) is 13.8 Å². The van der Waals surface area contributed by atoms with Gasteiger partial charge >= 0.3 is 13.8 Å². The number of aliphatic hydroxyl groups is 2. The van der Waals surface area contributed by atoms with E-state index in [9.17, 15) is 19.4 Å². The van der Waals surface area contributed by atoms with Gasteiger partial charge in [0, 0.05) is 13.0 Å². The molecule has 0 spiro atoms. The summed E-state index contributed by atoms with van der Waals surface area (Å²) < 4.78 is 33.2. The largest absolute Gasteiger partial charge is 0.472 e. The van der Waals surface area contributed by atoms with Crippen LogP contribution in [0.15, 0.2) is 0 Å². The van der Waals surface area contributed by atoms with Crippen LogP contribution in [0.4, 0.5) is 0 Å². The standard InChI is InChI=1S/C36H73O9P/c1-3-5-7-9-11-13-15-16-17-18-19-21-23-25-27-29-42-32-35(33-44-46(40,41)43-31-34(38)30-37)45-36(39)28-26-24-22-20-14-12-10-8-6-4-2/h34-35,37-38H,3-33H2,1-2H3,(H,40,41). The third-order valence-electron chi connectivity index (χ3n) is 8.29. The molecular weight excluding hydrogens is 607 g/mol. The maximum absolute atomic E-state index is 12.5. The van der Waals surface area contributed by atoms with Crippen LogP contribution in [0.3, 0.4) is 0 Å². The van der Waals surface area contributed by atoms with Gasteiger partial charge in [0.1, 0.15) is 12.2 Å². The lowest BCUT2D eigenvalue weighted by atomic mass is 10.0. The number of ether oxygens (including phenoxy) is 2. The van der Waals surface area contributed by atoms with Crippen molar-refractivity contribution in [2.75, 3.05) is 33.0 Å². The predicted octanol–water partition coefficient (Wildman–Crippen LogP) is 9.58. The number of aliphatic hydroxyl groups excluding tert-OH is 2. The van der Waals surface area contributed by atoms with E-state index in [-0.39, 0.29) is 25.6 Å². The van der Waals surface area contributed by atoms with Gasteiger partial charge in [-0.1, -0.05) is 162 Å². The van der Waals surface area contributed by atoms with E-state index in [2.05, 4.69) is 13.8 Å². The molecule has 276 valence electrons. The van der Waals surface area contributed by atoms with Crippen LogP contribution in [0.2, 0.25) is 0 Å². The molecule has 0 aliphatic rings. The number of hydrogen-bond acceptors (Lipinski definition) is 8. The number of rotatable bonds is 37. The molecule has 0 saturated heterocycles. The summed E-state index contributed by atoms with van der Waals surface area (Å²) in [6.07, 6.45) is 29.2. The van der Waals surface area contributed by atoms with Gasteiger partial charge < -0.3 is 24.6 Å². The van der Waals surface area contributed by atoms with E-state index in [4.69, 9.17) is 23.6 Å². The number of esters is 1. The number of carbonyl (C=O) groups is 1. The second-order valence-corrected chi connectivity index (χ2v) is 14.4. The van der Waals surface area contributed by atoms with Crippen LogP contribution < -0.4 is 0 Å². The Kier molecular flexibility index (Phi) is 33.9. The molecule has 0 radical (unpaired) electrons. The maximum Gasteiger partial charge on any atom is 0.472 e. The molecule has 0 aromatic heterocycles. The third-order valence-corrected chi connectivity index (χ3v) is 9.24. The summed E-state index contributed by atoms with van der Waals surface area (Å²) in [4.78, 5) is 22.4. The van der Waals surface area contributed by atoms with Crippen molar-refractivity contribution in [1.82, 2.24) is 0 Å². The molecule has 0 fully saturated rings. The Labute approximate surface area is 282 Å². The van der Waals surface area contributed by atoms with Crippen LogP contribution in [0.1, 0.15) is 181 Å². The summed E-state index contributed by atoms with van der Waals surface area (Å²) in [7, 11) is -4.50. The first kappa shape index (κ1) is 45.5. The summed E-state index contributed by atoms with van der Waals surface area (Å²) in [6, 6.07) is 0. The molecule has 46 heavy (non-hydrogen) atoms. The molecule has 0 saturated carbocycles. The van der Waals surface area contributed by atoms with Crippen LogP contribution in [0.5, 0.6) is 0 Å². The predicted molar refractivity (Wildman–Crippen MR) is 187 cm³/mol. The molecule has 3 unspecified atom stereocenters. The molecule has 10 heteroatoms. The van der Waals surface area contributed by atoms with E-state index in [0.29, 0.717) is 6.61 Å². The van der Waals surface area contributed by atoms with Crippen molar-refractivity contribution in [2.24, 2.45) is 0 Å². The van der Waals surface area contributed by atoms with E-state index >= 15 is 0 Å². The minimum absolute atomic E-state index is 0.0572. The minimum Gasteiger partial charge on any atom is -0.457 e. The first-order chi connectivity index (χ1) is 22.3. The molecule has 9 nitrogen and oxygen atoms in total. The molecule has 0 rings (SSSR count). The molecule has 0 heterocycles. The highest BCUT2D eigenvalue weighted by Gasteiger charge is 2.26. The molecule has 0 aliphatic heterocycles. The normalized spacial score (nSPS) is 14.3. The molecular formula is C36H73O9P. The summed E-state index contributed by atoms with van der Waals surface area (Å²) in [5.74, 6) is -0.381. The summed E-state index contributed by atoms with van der Waals surface area (Å²) in [5.41, 5.74) is 0. The van der Waals surface area contributed by atoms with Gasteiger partial charge in [-0.25, -0.2) is 4.57 Å². The first-order valence-corrected chi connectivity index (χ1v) is 20.5. The second-order valence-electron chi connectivity index (χ2n) is 13.0. The van der Waals surface area contributed by atoms with Gasteiger partial charge in [0.05, 0.1) is 26.4 Å². The molecule has 0 aliphatic carbocycles. The summed E-state index contributed by atoms with van der Waals surface area (Å²) in [5, 5.41) is 18.3. The Hall–Kier alpha value is -0.540. The quantitative estimate of drug-likeness (QED) is 0.0333. The zero-order valence-electron chi connectivity index (χ0n) is 29.8. The van der Waals surface area contributed by atoms with Crippen LogP contribution in [-0.2, 0) is 27.9 Å². The highest BCUT2D eigenvalue weighted by atomic mass is 31.2. The number of hydrogen-bond donors (Lipinski definition) is 3. The van der Waals surface area contributed by atoms with Crippen molar-refractivity contribution in [2.45, 2.75) is 193 Å². The first-order valence-electron chi connectivity index (χ1n) is 19.0. The van der Waals surface area contributed by atoms with Crippen molar-refractivity contribution in [3.05, 3.63) is 0 Å². The average Bonchev–Trinajstić information content (AvgIpc) is 3.04. The van der Waals surface area contributed by atoms with E-state index in [0.717, 1.165) is 32.1 Å². The number of carbonyl (C=O) groups excluding carboxylic acids is 1. The molecule has 0 aromatic rings. The topological polar surface area (TPSA) is 132 Å². The fraction of sp³-hybridized carbons (Fsp3) is 0.972. The Morgan fingerprint density at radius 1 is 0.587 bits per heavy atom. The van der Waals surface area contributed by atoms with E-state index in [1.807, 2.05) is 0 Å². The summed E-state index contributed by atoms with van der Waals surface area (Å²) >= 11 is 0. The average molecular weight is 681 g/mol. The van der Waals surface area contributed by atoms with Crippen molar-refractivity contribution < 1.29 is 43.0 Å². The van der Waals surface area contributed by atoms with Crippen molar-refractivity contribution >= 4 is 13.8 Å². The molecule has 0 amide bonds.